The Morgan fingerprint density at radius 2 is 1.90 bits per heavy atom. The SMILES string of the molecule is COc1cc(-c2ccc3ncc(C(=O)C4CC4)c(Nc4cnc(N5CCCC(N)C5)nc4)c3c2)cc(Cl)c1O. The molecule has 0 radical (unpaired) electrons. The molecule has 2 fully saturated rings. The number of hydrogen-bond donors (Lipinski definition) is 3. The number of ketones is 1. The zero-order valence-electron chi connectivity index (χ0n) is 21.5. The lowest BCUT2D eigenvalue weighted by molar-refractivity contribution is 0.0968. The fourth-order valence-electron chi connectivity index (χ4n) is 5.04. The topological polar surface area (TPSA) is 126 Å². The summed E-state index contributed by atoms with van der Waals surface area (Å²) < 4.78 is 5.29. The summed E-state index contributed by atoms with van der Waals surface area (Å²) in [5, 5.41) is 14.6. The van der Waals surface area contributed by atoms with Crippen LogP contribution < -0.4 is 20.7 Å². The summed E-state index contributed by atoms with van der Waals surface area (Å²) in [6.07, 6.45) is 8.91. The van der Waals surface area contributed by atoms with Gasteiger partial charge in [-0.2, -0.15) is 0 Å². The number of carbonyl (C=O) groups excluding carboxylic acids is 1. The van der Waals surface area contributed by atoms with E-state index in [2.05, 4.69) is 25.2 Å². The second-order valence-corrected chi connectivity index (χ2v) is 10.6. The summed E-state index contributed by atoms with van der Waals surface area (Å²) >= 11 is 6.27. The van der Waals surface area contributed by atoms with Gasteiger partial charge < -0.3 is 25.8 Å². The third-order valence-electron chi connectivity index (χ3n) is 7.31. The highest BCUT2D eigenvalue weighted by Crippen LogP contribution is 2.41. The number of anilines is 3. The summed E-state index contributed by atoms with van der Waals surface area (Å²) in [6.45, 7) is 1.61. The minimum absolute atomic E-state index is 0.0232. The van der Waals surface area contributed by atoms with Crippen LogP contribution in [0.3, 0.4) is 0 Å². The minimum Gasteiger partial charge on any atom is -0.503 e. The maximum atomic E-state index is 13.3. The van der Waals surface area contributed by atoms with Crippen LogP contribution in [-0.2, 0) is 0 Å². The molecule has 9 nitrogen and oxygen atoms in total. The Hall–Kier alpha value is -3.95. The molecular formula is C29H29ClN6O3. The fraction of sp³-hybridized carbons (Fsp3) is 0.310. The van der Waals surface area contributed by atoms with Gasteiger partial charge >= 0.3 is 0 Å². The van der Waals surface area contributed by atoms with E-state index < -0.39 is 0 Å². The van der Waals surface area contributed by atoms with Crippen molar-refractivity contribution < 1.29 is 14.6 Å². The number of halogens is 1. The summed E-state index contributed by atoms with van der Waals surface area (Å²) in [5.74, 6) is 0.908. The molecule has 4 aromatic rings. The van der Waals surface area contributed by atoms with Gasteiger partial charge in [-0.25, -0.2) is 9.97 Å². The number of ether oxygens (including phenoxy) is 1. The third kappa shape index (κ3) is 5.07. The van der Waals surface area contributed by atoms with Gasteiger partial charge in [0.15, 0.2) is 17.3 Å². The maximum Gasteiger partial charge on any atom is 0.225 e. The quantitative estimate of drug-likeness (QED) is 0.265. The van der Waals surface area contributed by atoms with Crippen LogP contribution in [0.15, 0.2) is 48.9 Å². The van der Waals surface area contributed by atoms with E-state index in [9.17, 15) is 9.90 Å². The van der Waals surface area contributed by atoms with E-state index in [-0.39, 0.29) is 34.3 Å². The van der Waals surface area contributed by atoms with E-state index in [4.69, 9.17) is 22.1 Å². The van der Waals surface area contributed by atoms with Crippen LogP contribution in [-0.4, -0.2) is 52.1 Å². The van der Waals surface area contributed by atoms with Gasteiger partial charge in [-0.15, -0.1) is 0 Å². The Labute approximate surface area is 231 Å². The number of piperidine rings is 1. The summed E-state index contributed by atoms with van der Waals surface area (Å²) in [4.78, 5) is 29.1. The van der Waals surface area contributed by atoms with Crippen molar-refractivity contribution in [2.45, 2.75) is 31.7 Å². The average molecular weight is 545 g/mol. The van der Waals surface area contributed by atoms with E-state index in [1.165, 1.54) is 7.11 Å². The number of carbonyl (C=O) groups is 1. The highest BCUT2D eigenvalue weighted by atomic mass is 35.5. The molecule has 39 heavy (non-hydrogen) atoms. The number of hydrogen-bond acceptors (Lipinski definition) is 9. The van der Waals surface area contributed by atoms with Gasteiger partial charge in [0.2, 0.25) is 5.95 Å². The number of pyridine rings is 1. The fourth-order valence-corrected chi connectivity index (χ4v) is 5.25. The molecule has 1 atom stereocenters. The maximum absolute atomic E-state index is 13.3. The smallest absolute Gasteiger partial charge is 0.225 e. The van der Waals surface area contributed by atoms with Crippen LogP contribution in [0.2, 0.25) is 5.02 Å². The number of nitrogens with two attached hydrogens (primary N) is 1. The molecule has 1 saturated carbocycles. The van der Waals surface area contributed by atoms with Gasteiger partial charge in [0.05, 0.1) is 47.0 Å². The second kappa shape index (κ2) is 10.3. The number of Topliss-reactive ketones (excluding diaryl/α,β-unsaturated/α-hetero) is 1. The van der Waals surface area contributed by atoms with Crippen molar-refractivity contribution >= 4 is 45.6 Å². The zero-order chi connectivity index (χ0) is 27.1. The predicted molar refractivity (Wildman–Crippen MR) is 152 cm³/mol. The first-order chi connectivity index (χ1) is 18.9. The molecule has 1 unspecified atom stereocenters. The number of benzene rings is 2. The molecule has 10 heteroatoms. The largest absolute Gasteiger partial charge is 0.503 e. The van der Waals surface area contributed by atoms with Gasteiger partial charge in [0.1, 0.15) is 0 Å². The van der Waals surface area contributed by atoms with Crippen LogP contribution >= 0.6 is 11.6 Å². The minimum atomic E-state index is -0.111. The van der Waals surface area contributed by atoms with Gasteiger partial charge in [-0.1, -0.05) is 17.7 Å². The molecule has 2 aliphatic rings. The van der Waals surface area contributed by atoms with Crippen molar-refractivity contribution in [3.05, 3.63) is 59.5 Å². The van der Waals surface area contributed by atoms with Crippen molar-refractivity contribution in [3.63, 3.8) is 0 Å². The normalized spacial score (nSPS) is 17.3. The molecule has 1 aliphatic heterocycles. The van der Waals surface area contributed by atoms with E-state index >= 15 is 0 Å². The number of phenols is 1. The number of rotatable bonds is 7. The lowest BCUT2D eigenvalue weighted by Crippen LogP contribution is -2.43. The Kier molecular flexibility index (Phi) is 6.70. The summed E-state index contributed by atoms with van der Waals surface area (Å²) in [7, 11) is 1.48. The van der Waals surface area contributed by atoms with E-state index in [0.717, 1.165) is 60.8 Å². The van der Waals surface area contributed by atoms with Crippen molar-refractivity contribution in [1.29, 1.82) is 0 Å². The number of fused-ring (bicyclic) bond motifs is 1. The predicted octanol–water partition coefficient (Wildman–Crippen LogP) is 5.32. The Morgan fingerprint density at radius 3 is 2.62 bits per heavy atom. The van der Waals surface area contributed by atoms with Crippen LogP contribution in [0.1, 0.15) is 36.0 Å². The molecule has 0 bridgehead atoms. The molecule has 1 saturated heterocycles. The number of aromatic hydroxyl groups is 1. The first kappa shape index (κ1) is 25.3. The average Bonchev–Trinajstić information content (AvgIpc) is 3.80. The molecule has 0 spiro atoms. The van der Waals surface area contributed by atoms with Crippen molar-refractivity contribution in [2.24, 2.45) is 11.7 Å². The molecule has 4 N–H and O–H groups in total. The summed E-state index contributed by atoms with van der Waals surface area (Å²) in [5.41, 5.74) is 10.3. The highest BCUT2D eigenvalue weighted by molar-refractivity contribution is 6.32. The molecule has 2 aromatic heterocycles. The summed E-state index contributed by atoms with van der Waals surface area (Å²) in [6, 6.07) is 9.30. The molecule has 3 heterocycles. The number of phenolic OH excluding ortho intramolecular Hbond substituents is 1. The van der Waals surface area contributed by atoms with Gasteiger partial charge in [-0.3, -0.25) is 9.78 Å². The molecule has 200 valence electrons. The number of nitrogens with one attached hydrogen (secondary N) is 1. The van der Waals surface area contributed by atoms with Crippen molar-refractivity contribution in [1.82, 2.24) is 15.0 Å². The van der Waals surface area contributed by atoms with Crippen molar-refractivity contribution in [3.8, 4) is 22.6 Å². The Bertz CT molecular complexity index is 1560. The number of aromatic nitrogens is 3. The van der Waals surface area contributed by atoms with E-state index in [0.29, 0.717) is 22.9 Å². The highest BCUT2D eigenvalue weighted by Gasteiger charge is 2.32. The van der Waals surface area contributed by atoms with E-state index in [1.54, 1.807) is 30.7 Å². The lowest BCUT2D eigenvalue weighted by Gasteiger charge is -2.30. The number of methoxy groups -OCH3 is 1. The van der Waals surface area contributed by atoms with Gasteiger partial charge in [0.25, 0.3) is 0 Å². The monoisotopic (exact) mass is 544 g/mol. The first-order valence-electron chi connectivity index (χ1n) is 13.0. The molecular weight excluding hydrogens is 516 g/mol. The van der Waals surface area contributed by atoms with Crippen LogP contribution in [0.25, 0.3) is 22.0 Å². The van der Waals surface area contributed by atoms with Crippen molar-refractivity contribution in [2.75, 3.05) is 30.4 Å². The van der Waals surface area contributed by atoms with Gasteiger partial charge in [-0.05, 0) is 61.1 Å². The Balaban J connectivity index is 1.41. The number of nitrogens with zero attached hydrogens (tertiary/aromatic N) is 4. The van der Waals surface area contributed by atoms with Gasteiger partial charge in [0, 0.05) is 36.6 Å². The molecule has 0 amide bonds. The van der Waals surface area contributed by atoms with Crippen LogP contribution in [0, 0.1) is 5.92 Å². The Morgan fingerprint density at radius 1 is 1.10 bits per heavy atom. The zero-order valence-corrected chi connectivity index (χ0v) is 22.3. The third-order valence-corrected chi connectivity index (χ3v) is 7.60. The second-order valence-electron chi connectivity index (χ2n) is 10.2. The first-order valence-corrected chi connectivity index (χ1v) is 13.4. The van der Waals surface area contributed by atoms with E-state index in [1.807, 2.05) is 18.2 Å². The van der Waals surface area contributed by atoms with Crippen LogP contribution in [0.5, 0.6) is 11.5 Å². The lowest BCUT2D eigenvalue weighted by atomic mass is 9.98. The molecule has 6 rings (SSSR count). The standard InChI is InChI=1S/C29H29ClN6O3/c1-39-25-11-18(10-23(30)28(25)38)17-6-7-24-21(9-17)26(22(14-32-24)27(37)16-4-5-16)35-20-12-33-29(34-13-20)36-8-2-3-19(31)15-36/h6-7,9-14,16,19,38H,2-5,8,15,31H2,1H3,(H,32,35). The van der Waals surface area contributed by atoms with Crippen LogP contribution in [0.4, 0.5) is 17.3 Å². The molecule has 2 aromatic carbocycles. The molecule has 1 aliphatic carbocycles.